The van der Waals surface area contributed by atoms with Crippen LogP contribution < -0.4 is 0 Å². The number of nitrogens with zero attached hydrogens (tertiary/aromatic N) is 1. The Morgan fingerprint density at radius 3 is 2.12 bits per heavy atom. The zero-order valence-corrected chi connectivity index (χ0v) is 20.2. The minimum absolute atomic E-state index is 0.0409. The Morgan fingerprint density at radius 1 is 1.20 bits per heavy atom. The molecule has 0 spiro atoms. The predicted octanol–water partition coefficient (Wildman–Crippen LogP) is 5.43. The van der Waals surface area contributed by atoms with E-state index in [4.69, 9.17) is 9.47 Å². The highest BCUT2D eigenvalue weighted by atomic mass is 28.3. The van der Waals surface area contributed by atoms with E-state index in [1.807, 2.05) is 39.5 Å². The fourth-order valence-corrected chi connectivity index (χ4v) is 8.11. The molecule has 0 aromatic carbocycles. The van der Waals surface area contributed by atoms with Crippen LogP contribution in [0.1, 0.15) is 41.0 Å². The molecule has 0 aromatic rings. The average Bonchev–Trinajstić information content (AvgIpc) is 2.58. The van der Waals surface area contributed by atoms with E-state index in [0.717, 1.165) is 6.42 Å². The van der Waals surface area contributed by atoms with Gasteiger partial charge in [0.05, 0.1) is 28.8 Å². The standard InChI is InChI=1S/C19H39NO3Si2/c1-18(2,3)23-17(21)20-15(13-22-19(20,4)5)12-16(25(9,10)11)14-24(6,7)8/h14-15H,12-13H2,1-11H3/b16-14+/t15-/m1/s1. The van der Waals surface area contributed by atoms with Crippen molar-refractivity contribution in [2.24, 2.45) is 0 Å². The largest absolute Gasteiger partial charge is 0.444 e. The van der Waals surface area contributed by atoms with Crippen molar-refractivity contribution in [3.8, 4) is 0 Å². The highest BCUT2D eigenvalue weighted by molar-refractivity contribution is 6.87. The summed E-state index contributed by atoms with van der Waals surface area (Å²) in [6, 6.07) is 0.0409. The summed E-state index contributed by atoms with van der Waals surface area (Å²) in [5, 5.41) is 1.55. The molecule has 0 bridgehead atoms. The van der Waals surface area contributed by atoms with Gasteiger partial charge in [-0.2, -0.15) is 0 Å². The molecular weight excluding hydrogens is 346 g/mol. The summed E-state index contributed by atoms with van der Waals surface area (Å²) >= 11 is 0. The quantitative estimate of drug-likeness (QED) is 0.606. The molecule has 0 N–H and O–H groups in total. The van der Waals surface area contributed by atoms with Crippen LogP contribution in [0.25, 0.3) is 0 Å². The van der Waals surface area contributed by atoms with E-state index >= 15 is 0 Å². The lowest BCUT2D eigenvalue weighted by Crippen LogP contribution is -2.50. The molecule has 1 aliphatic heterocycles. The van der Waals surface area contributed by atoms with Crippen LogP contribution in [0.15, 0.2) is 10.9 Å². The Morgan fingerprint density at radius 2 is 1.72 bits per heavy atom. The summed E-state index contributed by atoms with van der Waals surface area (Å²) in [6.45, 7) is 24.5. The molecule has 0 aliphatic carbocycles. The summed E-state index contributed by atoms with van der Waals surface area (Å²) in [7, 11) is -2.79. The first-order valence-electron chi connectivity index (χ1n) is 9.31. The molecule has 1 aliphatic rings. The monoisotopic (exact) mass is 385 g/mol. The predicted molar refractivity (Wildman–Crippen MR) is 111 cm³/mol. The third-order valence-corrected chi connectivity index (χ3v) is 7.97. The number of amides is 1. The van der Waals surface area contributed by atoms with Crippen LogP contribution in [0.5, 0.6) is 0 Å². The van der Waals surface area contributed by atoms with E-state index in [-0.39, 0.29) is 12.1 Å². The molecule has 1 heterocycles. The number of hydrogen-bond donors (Lipinski definition) is 0. The summed E-state index contributed by atoms with van der Waals surface area (Å²) in [5.41, 5.74) is 1.41. The Kier molecular flexibility index (Phi) is 6.46. The van der Waals surface area contributed by atoms with Gasteiger partial charge in [0, 0.05) is 0 Å². The van der Waals surface area contributed by atoms with Crippen LogP contribution in [0.3, 0.4) is 0 Å². The van der Waals surface area contributed by atoms with Crippen molar-refractivity contribution in [2.45, 2.75) is 97.7 Å². The van der Waals surface area contributed by atoms with E-state index in [9.17, 15) is 4.79 Å². The molecule has 0 radical (unpaired) electrons. The third-order valence-electron chi connectivity index (χ3n) is 4.19. The molecule has 25 heavy (non-hydrogen) atoms. The first kappa shape index (κ1) is 22.4. The summed E-state index contributed by atoms with van der Waals surface area (Å²) in [4.78, 5) is 14.6. The Bertz CT molecular complexity index is 522. The van der Waals surface area contributed by atoms with E-state index in [1.165, 1.54) is 0 Å². The van der Waals surface area contributed by atoms with Gasteiger partial charge in [0.1, 0.15) is 11.3 Å². The van der Waals surface area contributed by atoms with Gasteiger partial charge < -0.3 is 9.47 Å². The maximum Gasteiger partial charge on any atom is 0.412 e. The minimum Gasteiger partial charge on any atom is -0.444 e. The lowest BCUT2D eigenvalue weighted by molar-refractivity contribution is -0.0623. The number of hydrogen-bond acceptors (Lipinski definition) is 3. The zero-order chi connectivity index (χ0) is 19.8. The van der Waals surface area contributed by atoms with Gasteiger partial charge in [-0.3, -0.25) is 4.90 Å². The SMILES string of the molecule is CC(C)(C)OC(=O)N1[C@H](C/C(=C\[Si](C)(C)C)[Si](C)(C)C)COC1(C)C. The van der Waals surface area contributed by atoms with Gasteiger partial charge in [0.25, 0.3) is 0 Å². The average molecular weight is 386 g/mol. The maximum absolute atomic E-state index is 12.8. The highest BCUT2D eigenvalue weighted by Gasteiger charge is 2.46. The lowest BCUT2D eigenvalue weighted by Gasteiger charge is -2.36. The van der Waals surface area contributed by atoms with Crippen molar-refractivity contribution >= 4 is 22.2 Å². The van der Waals surface area contributed by atoms with Gasteiger partial charge in [-0.1, -0.05) is 50.2 Å². The van der Waals surface area contributed by atoms with E-state index < -0.39 is 27.5 Å². The second-order valence-electron chi connectivity index (χ2n) is 10.8. The van der Waals surface area contributed by atoms with Crippen molar-refractivity contribution in [3.05, 3.63) is 10.9 Å². The second-order valence-corrected chi connectivity index (χ2v) is 20.9. The smallest absolute Gasteiger partial charge is 0.412 e. The van der Waals surface area contributed by atoms with E-state index in [1.54, 1.807) is 5.20 Å². The molecule has 146 valence electrons. The van der Waals surface area contributed by atoms with Crippen molar-refractivity contribution in [3.63, 3.8) is 0 Å². The van der Waals surface area contributed by atoms with Crippen molar-refractivity contribution < 1.29 is 14.3 Å². The molecular formula is C19H39NO3Si2. The minimum atomic E-state index is -1.46. The highest BCUT2D eigenvalue weighted by Crippen LogP contribution is 2.34. The maximum atomic E-state index is 12.8. The summed E-state index contributed by atoms with van der Waals surface area (Å²) in [5.74, 6) is 0. The van der Waals surface area contributed by atoms with E-state index in [0.29, 0.717) is 6.61 Å². The second kappa shape index (κ2) is 7.20. The molecule has 1 atom stereocenters. The van der Waals surface area contributed by atoms with Gasteiger partial charge in [0.2, 0.25) is 0 Å². The summed E-state index contributed by atoms with van der Waals surface area (Å²) in [6.07, 6.45) is 0.616. The first-order chi connectivity index (χ1) is 10.9. The van der Waals surface area contributed by atoms with Crippen LogP contribution in [0.4, 0.5) is 4.79 Å². The molecule has 1 rings (SSSR count). The Balaban J connectivity index is 3.12. The lowest BCUT2D eigenvalue weighted by atomic mass is 10.1. The Labute approximate surface area is 157 Å². The molecule has 4 nitrogen and oxygen atoms in total. The fraction of sp³-hybridized carbons (Fsp3) is 0.842. The zero-order valence-electron chi connectivity index (χ0n) is 18.2. The summed E-state index contributed by atoms with van der Waals surface area (Å²) < 4.78 is 11.6. The number of ether oxygens (including phenoxy) is 2. The normalized spacial score (nSPS) is 22.3. The molecule has 0 unspecified atom stereocenters. The van der Waals surface area contributed by atoms with Gasteiger partial charge >= 0.3 is 6.09 Å². The van der Waals surface area contributed by atoms with Crippen LogP contribution in [0, 0.1) is 0 Å². The molecule has 1 amide bonds. The van der Waals surface area contributed by atoms with Crippen molar-refractivity contribution in [2.75, 3.05) is 6.61 Å². The van der Waals surface area contributed by atoms with Crippen molar-refractivity contribution in [1.82, 2.24) is 4.90 Å². The van der Waals surface area contributed by atoms with Gasteiger partial charge in [0.15, 0.2) is 0 Å². The molecule has 6 heteroatoms. The third kappa shape index (κ3) is 6.91. The van der Waals surface area contributed by atoms with Crippen LogP contribution in [-0.4, -0.2) is 51.1 Å². The van der Waals surface area contributed by atoms with Gasteiger partial charge in [-0.05, 0) is 41.0 Å². The fourth-order valence-electron chi connectivity index (χ4n) is 3.07. The number of rotatable bonds is 4. The molecule has 0 saturated carbocycles. The molecule has 0 aromatic heterocycles. The number of carbonyl (C=O) groups is 1. The first-order valence-corrected chi connectivity index (χ1v) is 16.4. The topological polar surface area (TPSA) is 38.8 Å². The van der Waals surface area contributed by atoms with Crippen LogP contribution in [0.2, 0.25) is 39.3 Å². The Hall–Kier alpha value is -0.596. The van der Waals surface area contributed by atoms with Crippen LogP contribution >= 0.6 is 0 Å². The van der Waals surface area contributed by atoms with Crippen molar-refractivity contribution in [1.29, 1.82) is 0 Å². The number of carbonyl (C=O) groups excluding carboxylic acids is 1. The molecule has 1 saturated heterocycles. The molecule has 1 fully saturated rings. The van der Waals surface area contributed by atoms with Gasteiger partial charge in [-0.25, -0.2) is 4.79 Å². The van der Waals surface area contributed by atoms with E-state index in [2.05, 4.69) is 45.0 Å². The van der Waals surface area contributed by atoms with Crippen LogP contribution in [-0.2, 0) is 9.47 Å². The van der Waals surface area contributed by atoms with Gasteiger partial charge in [-0.15, -0.1) is 0 Å².